The number of anilines is 1. The van der Waals surface area contributed by atoms with Gasteiger partial charge in [0.2, 0.25) is 0 Å². The summed E-state index contributed by atoms with van der Waals surface area (Å²) in [5, 5.41) is 11.5. The zero-order valence-corrected chi connectivity index (χ0v) is 13.0. The van der Waals surface area contributed by atoms with Crippen molar-refractivity contribution in [3.63, 3.8) is 0 Å². The summed E-state index contributed by atoms with van der Waals surface area (Å²) < 4.78 is 23.5. The maximum absolute atomic E-state index is 14.1. The number of hydrogen-bond acceptors (Lipinski definition) is 7. The Balaban J connectivity index is 2.37. The quantitative estimate of drug-likeness (QED) is 0.567. The molecule has 1 heterocycles. The van der Waals surface area contributed by atoms with Crippen LogP contribution >= 0.6 is 0 Å². The van der Waals surface area contributed by atoms with Gasteiger partial charge in [0.25, 0.3) is 11.8 Å². The van der Waals surface area contributed by atoms with Crippen LogP contribution < -0.4 is 10.1 Å². The van der Waals surface area contributed by atoms with E-state index in [0.29, 0.717) is 0 Å². The molecule has 0 radical (unpaired) electrons. The number of methoxy groups -OCH3 is 2. The average Bonchev–Trinajstić information content (AvgIpc) is 2.81. The molecule has 0 saturated carbocycles. The molecule has 0 bridgehead atoms. The van der Waals surface area contributed by atoms with Crippen molar-refractivity contribution in [1.82, 2.24) is 4.90 Å². The van der Waals surface area contributed by atoms with Crippen LogP contribution in [0.25, 0.3) is 0 Å². The van der Waals surface area contributed by atoms with Gasteiger partial charge in [-0.15, -0.1) is 0 Å². The second kappa shape index (κ2) is 7.09. The van der Waals surface area contributed by atoms with Crippen LogP contribution in [0.1, 0.15) is 10.4 Å². The minimum Gasteiger partial charge on any atom is -0.492 e. The molecule has 0 fully saturated rings. The highest BCUT2D eigenvalue weighted by atomic mass is 19.1. The molecule has 2 amide bonds. The summed E-state index contributed by atoms with van der Waals surface area (Å²) in [5.41, 5.74) is -0.243. The second-order valence-corrected chi connectivity index (χ2v) is 4.73. The lowest BCUT2D eigenvalue weighted by Crippen LogP contribution is -2.34. The van der Waals surface area contributed by atoms with Crippen LogP contribution in [-0.4, -0.2) is 55.2 Å². The molecule has 0 aromatic heterocycles. The van der Waals surface area contributed by atoms with Gasteiger partial charge in [0.1, 0.15) is 5.70 Å². The molecule has 0 atom stereocenters. The van der Waals surface area contributed by atoms with Gasteiger partial charge in [-0.25, -0.2) is 9.18 Å². The van der Waals surface area contributed by atoms with Gasteiger partial charge in [-0.1, -0.05) is 0 Å². The van der Waals surface area contributed by atoms with Crippen molar-refractivity contribution in [3.05, 3.63) is 35.3 Å². The monoisotopic (exact) mass is 338 g/mol. The smallest absolute Gasteiger partial charge is 0.338 e. The molecular weight excluding hydrogens is 323 g/mol. The normalized spacial score (nSPS) is 13.8. The number of aliphatic hydroxyl groups is 1. The van der Waals surface area contributed by atoms with Gasteiger partial charge < -0.3 is 19.9 Å². The molecule has 1 aromatic rings. The number of rotatable bonds is 6. The third-order valence-corrected chi connectivity index (χ3v) is 3.27. The van der Waals surface area contributed by atoms with Crippen LogP contribution in [0.5, 0.6) is 5.75 Å². The Labute approximate surface area is 136 Å². The number of nitrogens with zero attached hydrogens (tertiary/aromatic N) is 1. The summed E-state index contributed by atoms with van der Waals surface area (Å²) in [4.78, 5) is 36.2. The predicted molar refractivity (Wildman–Crippen MR) is 79.8 cm³/mol. The van der Waals surface area contributed by atoms with E-state index in [9.17, 15) is 18.8 Å². The van der Waals surface area contributed by atoms with Crippen LogP contribution in [0.2, 0.25) is 0 Å². The number of amides is 2. The van der Waals surface area contributed by atoms with E-state index in [1.54, 1.807) is 0 Å². The zero-order valence-electron chi connectivity index (χ0n) is 13.0. The summed E-state index contributed by atoms with van der Waals surface area (Å²) in [6.07, 6.45) is 1.01. The van der Waals surface area contributed by atoms with Crippen LogP contribution in [0, 0.1) is 5.82 Å². The summed E-state index contributed by atoms with van der Waals surface area (Å²) in [5.74, 6) is -3.14. The largest absolute Gasteiger partial charge is 0.492 e. The number of β-amino-alcohol motifs (C(OH)–C–C–N with tert-alkyl or cyclic N) is 1. The minimum absolute atomic E-state index is 0.0175. The summed E-state index contributed by atoms with van der Waals surface area (Å²) in [6, 6.07) is 2.17. The number of esters is 1. The number of ether oxygens (including phenoxy) is 2. The highest BCUT2D eigenvalue weighted by molar-refractivity contribution is 6.17. The van der Waals surface area contributed by atoms with Crippen molar-refractivity contribution in [2.45, 2.75) is 0 Å². The Morgan fingerprint density at radius 3 is 2.62 bits per heavy atom. The Kier molecular flexibility index (Phi) is 5.14. The number of carbonyl (C=O) groups excluding carboxylic acids is 3. The number of aliphatic hydroxyl groups excluding tert-OH is 1. The first-order valence-corrected chi connectivity index (χ1v) is 6.84. The summed E-state index contributed by atoms with van der Waals surface area (Å²) >= 11 is 0. The van der Waals surface area contributed by atoms with E-state index in [4.69, 9.17) is 9.84 Å². The van der Waals surface area contributed by atoms with Crippen molar-refractivity contribution in [3.8, 4) is 5.75 Å². The fourth-order valence-corrected chi connectivity index (χ4v) is 2.18. The molecule has 1 aliphatic heterocycles. The van der Waals surface area contributed by atoms with Crippen molar-refractivity contribution in [1.29, 1.82) is 0 Å². The van der Waals surface area contributed by atoms with Crippen LogP contribution in [0.4, 0.5) is 10.1 Å². The Bertz CT molecular complexity index is 731. The van der Waals surface area contributed by atoms with Gasteiger partial charge in [0.15, 0.2) is 11.6 Å². The molecule has 0 unspecified atom stereocenters. The molecule has 0 spiro atoms. The topological polar surface area (TPSA) is 105 Å². The maximum Gasteiger partial charge on any atom is 0.338 e. The molecule has 2 rings (SSSR count). The Hall–Kier alpha value is -2.94. The van der Waals surface area contributed by atoms with Gasteiger partial charge in [-0.2, -0.15) is 0 Å². The average molecular weight is 338 g/mol. The number of carbonyl (C=O) groups is 3. The fraction of sp³-hybridized carbons (Fsp3) is 0.267. The fourth-order valence-electron chi connectivity index (χ4n) is 2.18. The Morgan fingerprint density at radius 1 is 1.33 bits per heavy atom. The lowest BCUT2D eigenvalue weighted by molar-refractivity contribution is -0.137. The number of imide groups is 1. The van der Waals surface area contributed by atoms with Crippen molar-refractivity contribution in [2.75, 3.05) is 32.7 Å². The van der Waals surface area contributed by atoms with Gasteiger partial charge in [0, 0.05) is 6.08 Å². The number of benzene rings is 1. The highest BCUT2D eigenvalue weighted by Gasteiger charge is 2.31. The summed E-state index contributed by atoms with van der Waals surface area (Å²) in [7, 11) is 2.36. The molecule has 128 valence electrons. The molecule has 2 N–H and O–H groups in total. The zero-order chi connectivity index (χ0) is 17.9. The third kappa shape index (κ3) is 3.20. The first kappa shape index (κ1) is 17.4. The molecule has 1 aromatic carbocycles. The van der Waals surface area contributed by atoms with Gasteiger partial charge in [0.05, 0.1) is 38.6 Å². The van der Waals surface area contributed by atoms with Crippen LogP contribution in [0.15, 0.2) is 23.9 Å². The second-order valence-electron chi connectivity index (χ2n) is 4.73. The SMILES string of the molecule is COC(=O)c1cc(F)c(OC)c(NC2=CC(=O)N(CCO)C2=O)c1. The van der Waals surface area contributed by atoms with E-state index in [1.165, 1.54) is 13.2 Å². The maximum atomic E-state index is 14.1. The molecule has 9 heteroatoms. The van der Waals surface area contributed by atoms with Crippen molar-refractivity contribution in [2.24, 2.45) is 0 Å². The lowest BCUT2D eigenvalue weighted by Gasteiger charge is -2.15. The number of hydrogen-bond donors (Lipinski definition) is 2. The van der Waals surface area contributed by atoms with Gasteiger partial charge in [-0.05, 0) is 12.1 Å². The van der Waals surface area contributed by atoms with Crippen LogP contribution in [-0.2, 0) is 14.3 Å². The number of nitrogens with one attached hydrogen (secondary N) is 1. The predicted octanol–water partition coefficient (Wildman–Crippen LogP) is 0.278. The molecule has 0 aliphatic carbocycles. The van der Waals surface area contributed by atoms with Gasteiger partial charge in [-0.3, -0.25) is 14.5 Å². The van der Waals surface area contributed by atoms with Crippen molar-refractivity contribution >= 4 is 23.5 Å². The lowest BCUT2D eigenvalue weighted by atomic mass is 10.1. The third-order valence-electron chi connectivity index (χ3n) is 3.27. The van der Waals surface area contributed by atoms with E-state index in [-0.39, 0.29) is 35.8 Å². The van der Waals surface area contributed by atoms with Crippen LogP contribution in [0.3, 0.4) is 0 Å². The first-order valence-electron chi connectivity index (χ1n) is 6.84. The Morgan fingerprint density at radius 2 is 2.04 bits per heavy atom. The standard InChI is InChI=1S/C15H15FN2O6/c1-23-13-9(16)5-8(15(22)24-2)6-10(13)17-11-7-12(20)18(3-4-19)14(11)21/h5-7,17,19H,3-4H2,1-2H3. The summed E-state index contributed by atoms with van der Waals surface area (Å²) in [6.45, 7) is -0.540. The molecule has 0 saturated heterocycles. The minimum atomic E-state index is -0.840. The van der Waals surface area contributed by atoms with E-state index < -0.39 is 23.6 Å². The number of halogens is 1. The first-order chi connectivity index (χ1) is 11.4. The van der Waals surface area contributed by atoms with Crippen molar-refractivity contribution < 1.29 is 33.4 Å². The molecule has 1 aliphatic rings. The molecular formula is C15H15FN2O6. The van der Waals surface area contributed by atoms with E-state index in [2.05, 4.69) is 10.1 Å². The molecule has 8 nitrogen and oxygen atoms in total. The van der Waals surface area contributed by atoms with Gasteiger partial charge >= 0.3 is 5.97 Å². The van der Waals surface area contributed by atoms with E-state index >= 15 is 0 Å². The van der Waals surface area contributed by atoms with E-state index in [1.807, 2.05) is 0 Å². The van der Waals surface area contributed by atoms with E-state index in [0.717, 1.165) is 24.2 Å². The highest BCUT2D eigenvalue weighted by Crippen LogP contribution is 2.31. The molecule has 24 heavy (non-hydrogen) atoms.